The van der Waals surface area contributed by atoms with Crippen molar-refractivity contribution in [1.82, 2.24) is 5.32 Å². The standard InChI is InChI=1S/C17H29NO2/c1-6-18-16(17(13(4)5)20-8-3)14-11-9-10-12-15(14)19-7-2/h9-13,16-18H,6-8H2,1-5H3. The van der Waals surface area contributed by atoms with Crippen LogP contribution in [0.5, 0.6) is 5.75 Å². The van der Waals surface area contributed by atoms with Gasteiger partial charge in [-0.2, -0.15) is 0 Å². The number of likely N-dealkylation sites (N-methyl/N-ethyl adjacent to an activating group) is 1. The maximum absolute atomic E-state index is 5.99. The summed E-state index contributed by atoms with van der Waals surface area (Å²) in [6.45, 7) is 12.9. The van der Waals surface area contributed by atoms with Crippen molar-refractivity contribution in [2.45, 2.75) is 46.8 Å². The van der Waals surface area contributed by atoms with Crippen LogP contribution in [0.15, 0.2) is 24.3 Å². The van der Waals surface area contributed by atoms with E-state index in [0.29, 0.717) is 12.5 Å². The molecule has 2 unspecified atom stereocenters. The van der Waals surface area contributed by atoms with Crippen molar-refractivity contribution in [3.63, 3.8) is 0 Å². The van der Waals surface area contributed by atoms with Gasteiger partial charge in [0.2, 0.25) is 0 Å². The minimum absolute atomic E-state index is 0.140. The third-order valence-corrected chi connectivity index (χ3v) is 3.32. The first kappa shape index (κ1) is 17.0. The third-order valence-electron chi connectivity index (χ3n) is 3.32. The largest absolute Gasteiger partial charge is 0.494 e. The van der Waals surface area contributed by atoms with Gasteiger partial charge in [-0.25, -0.2) is 0 Å². The second-order valence-electron chi connectivity index (χ2n) is 5.17. The van der Waals surface area contributed by atoms with E-state index in [4.69, 9.17) is 9.47 Å². The molecule has 0 radical (unpaired) electrons. The van der Waals surface area contributed by atoms with Crippen molar-refractivity contribution in [3.8, 4) is 5.75 Å². The number of rotatable bonds is 9. The molecule has 0 heterocycles. The predicted molar refractivity (Wildman–Crippen MR) is 84.3 cm³/mol. The van der Waals surface area contributed by atoms with Crippen LogP contribution in [-0.2, 0) is 4.74 Å². The van der Waals surface area contributed by atoms with Gasteiger partial charge < -0.3 is 14.8 Å². The molecule has 114 valence electrons. The minimum Gasteiger partial charge on any atom is -0.494 e. The summed E-state index contributed by atoms with van der Waals surface area (Å²) < 4.78 is 11.8. The first-order chi connectivity index (χ1) is 9.65. The van der Waals surface area contributed by atoms with Gasteiger partial charge in [-0.05, 0) is 32.4 Å². The lowest BCUT2D eigenvalue weighted by Crippen LogP contribution is -2.37. The molecule has 0 aliphatic rings. The van der Waals surface area contributed by atoms with Gasteiger partial charge in [0.25, 0.3) is 0 Å². The van der Waals surface area contributed by atoms with Crippen LogP contribution in [0.25, 0.3) is 0 Å². The number of hydrogen-bond donors (Lipinski definition) is 1. The zero-order valence-electron chi connectivity index (χ0n) is 13.5. The fraction of sp³-hybridized carbons (Fsp3) is 0.647. The molecule has 0 saturated carbocycles. The lowest BCUT2D eigenvalue weighted by atomic mass is 9.92. The zero-order valence-corrected chi connectivity index (χ0v) is 13.5. The summed E-state index contributed by atoms with van der Waals surface area (Å²) in [4.78, 5) is 0. The summed E-state index contributed by atoms with van der Waals surface area (Å²) >= 11 is 0. The Morgan fingerprint density at radius 3 is 2.30 bits per heavy atom. The van der Waals surface area contributed by atoms with Crippen LogP contribution in [0.4, 0.5) is 0 Å². The summed E-state index contributed by atoms with van der Waals surface area (Å²) in [5.74, 6) is 1.39. The Morgan fingerprint density at radius 2 is 1.75 bits per heavy atom. The second-order valence-corrected chi connectivity index (χ2v) is 5.17. The van der Waals surface area contributed by atoms with Crippen LogP contribution >= 0.6 is 0 Å². The van der Waals surface area contributed by atoms with E-state index in [0.717, 1.165) is 18.9 Å². The Labute approximate surface area is 123 Å². The van der Waals surface area contributed by atoms with Gasteiger partial charge in [0.15, 0.2) is 0 Å². The molecule has 3 heteroatoms. The molecule has 3 nitrogen and oxygen atoms in total. The summed E-state index contributed by atoms with van der Waals surface area (Å²) in [5.41, 5.74) is 1.18. The second kappa shape index (κ2) is 8.98. The minimum atomic E-state index is 0.140. The SMILES string of the molecule is CCNC(c1ccccc1OCC)C(OCC)C(C)C. The Morgan fingerprint density at radius 1 is 1.05 bits per heavy atom. The molecular weight excluding hydrogens is 250 g/mol. The molecule has 0 spiro atoms. The topological polar surface area (TPSA) is 30.5 Å². The van der Waals surface area contributed by atoms with E-state index in [2.05, 4.69) is 38.2 Å². The van der Waals surface area contributed by atoms with E-state index in [9.17, 15) is 0 Å². The van der Waals surface area contributed by atoms with Crippen molar-refractivity contribution in [2.75, 3.05) is 19.8 Å². The Bertz CT molecular complexity index is 379. The Balaban J connectivity index is 3.10. The highest BCUT2D eigenvalue weighted by Gasteiger charge is 2.28. The molecule has 0 fully saturated rings. The van der Waals surface area contributed by atoms with Crippen molar-refractivity contribution >= 4 is 0 Å². The molecule has 0 aliphatic carbocycles. The molecule has 2 atom stereocenters. The van der Waals surface area contributed by atoms with E-state index < -0.39 is 0 Å². The van der Waals surface area contributed by atoms with Crippen molar-refractivity contribution < 1.29 is 9.47 Å². The number of benzene rings is 1. The van der Waals surface area contributed by atoms with Crippen molar-refractivity contribution in [2.24, 2.45) is 5.92 Å². The smallest absolute Gasteiger partial charge is 0.124 e. The molecule has 20 heavy (non-hydrogen) atoms. The zero-order chi connectivity index (χ0) is 15.0. The molecule has 1 aromatic rings. The average molecular weight is 279 g/mol. The fourth-order valence-corrected chi connectivity index (χ4v) is 2.51. The van der Waals surface area contributed by atoms with Crippen LogP contribution < -0.4 is 10.1 Å². The van der Waals surface area contributed by atoms with Crippen molar-refractivity contribution in [1.29, 1.82) is 0 Å². The quantitative estimate of drug-likeness (QED) is 0.746. The van der Waals surface area contributed by atoms with Gasteiger partial charge in [0.1, 0.15) is 5.75 Å². The number of nitrogens with one attached hydrogen (secondary N) is 1. The molecule has 1 N–H and O–H groups in total. The van der Waals surface area contributed by atoms with E-state index in [1.165, 1.54) is 5.56 Å². The average Bonchev–Trinajstić information content (AvgIpc) is 2.44. The van der Waals surface area contributed by atoms with Crippen LogP contribution in [-0.4, -0.2) is 25.9 Å². The van der Waals surface area contributed by atoms with Gasteiger partial charge in [0, 0.05) is 12.2 Å². The van der Waals surface area contributed by atoms with Gasteiger partial charge in [-0.3, -0.25) is 0 Å². The van der Waals surface area contributed by atoms with Gasteiger partial charge in [-0.1, -0.05) is 39.0 Å². The lowest BCUT2D eigenvalue weighted by molar-refractivity contribution is 0.00257. The summed E-state index contributed by atoms with van der Waals surface area (Å²) in [7, 11) is 0. The van der Waals surface area contributed by atoms with Crippen LogP contribution in [0, 0.1) is 5.92 Å². The molecule has 0 saturated heterocycles. The highest BCUT2D eigenvalue weighted by Crippen LogP contribution is 2.31. The lowest BCUT2D eigenvalue weighted by Gasteiger charge is -2.32. The first-order valence-electron chi connectivity index (χ1n) is 7.72. The first-order valence-corrected chi connectivity index (χ1v) is 7.72. The molecule has 0 bridgehead atoms. The Kier molecular flexibility index (Phi) is 7.63. The summed E-state index contributed by atoms with van der Waals surface area (Å²) in [5, 5.41) is 3.56. The normalized spacial score (nSPS) is 14.3. The van der Waals surface area contributed by atoms with E-state index in [1.807, 2.05) is 26.0 Å². The molecule has 0 amide bonds. The van der Waals surface area contributed by atoms with E-state index in [1.54, 1.807) is 0 Å². The molecule has 1 rings (SSSR count). The highest BCUT2D eigenvalue weighted by atomic mass is 16.5. The molecule has 0 aliphatic heterocycles. The Hall–Kier alpha value is -1.06. The number of ether oxygens (including phenoxy) is 2. The van der Waals surface area contributed by atoms with Gasteiger partial charge in [0.05, 0.1) is 18.8 Å². The fourth-order valence-electron chi connectivity index (χ4n) is 2.51. The number of hydrogen-bond acceptors (Lipinski definition) is 3. The van der Waals surface area contributed by atoms with Crippen LogP contribution in [0.3, 0.4) is 0 Å². The van der Waals surface area contributed by atoms with Gasteiger partial charge in [-0.15, -0.1) is 0 Å². The predicted octanol–water partition coefficient (Wildman–Crippen LogP) is 3.80. The third kappa shape index (κ3) is 4.50. The molecule has 1 aromatic carbocycles. The monoisotopic (exact) mass is 279 g/mol. The van der Waals surface area contributed by atoms with Crippen LogP contribution in [0.1, 0.15) is 46.2 Å². The maximum atomic E-state index is 5.99. The number of para-hydroxylation sites is 1. The van der Waals surface area contributed by atoms with E-state index >= 15 is 0 Å². The van der Waals surface area contributed by atoms with Gasteiger partial charge >= 0.3 is 0 Å². The summed E-state index contributed by atoms with van der Waals surface area (Å²) in [6, 6.07) is 8.40. The van der Waals surface area contributed by atoms with Crippen molar-refractivity contribution in [3.05, 3.63) is 29.8 Å². The van der Waals surface area contributed by atoms with E-state index in [-0.39, 0.29) is 12.1 Å². The maximum Gasteiger partial charge on any atom is 0.124 e. The molecular formula is C17H29NO2. The molecule has 0 aromatic heterocycles. The van der Waals surface area contributed by atoms with Crippen LogP contribution in [0.2, 0.25) is 0 Å². The highest BCUT2D eigenvalue weighted by molar-refractivity contribution is 5.36. The summed E-state index contributed by atoms with van der Waals surface area (Å²) in [6.07, 6.45) is 0.140.